The number of aromatic nitrogens is 1. The van der Waals surface area contributed by atoms with Crippen molar-refractivity contribution in [2.75, 3.05) is 39.3 Å². The summed E-state index contributed by atoms with van der Waals surface area (Å²) in [7, 11) is 0. The van der Waals surface area contributed by atoms with Crippen LogP contribution in [-0.4, -0.2) is 55.2 Å². The van der Waals surface area contributed by atoms with Gasteiger partial charge in [-0.25, -0.2) is 0 Å². The van der Waals surface area contributed by atoms with Gasteiger partial charge in [0.05, 0.1) is 11.7 Å². The van der Waals surface area contributed by atoms with Crippen LogP contribution in [0.3, 0.4) is 0 Å². The Bertz CT molecular complexity index is 472. The standard InChI is InChI=1S/C18H31N5/c19-8-1-2-12-23(14-16-13-20-10-11-21-16)17-7-3-5-15-6-4-9-22-18(15)17/h4,6,9,16-17,20-21H,1-3,5,7-8,10-14,19H2/t16-,17+/m1/s1. The zero-order valence-electron chi connectivity index (χ0n) is 14.1. The van der Waals surface area contributed by atoms with E-state index in [4.69, 9.17) is 10.7 Å². The Balaban J connectivity index is 1.71. The zero-order chi connectivity index (χ0) is 15.9. The molecule has 0 bridgehead atoms. The number of unbranched alkanes of at least 4 members (excludes halogenated alkanes) is 1. The van der Waals surface area contributed by atoms with Crippen LogP contribution in [0.4, 0.5) is 0 Å². The second-order valence-corrected chi connectivity index (χ2v) is 6.80. The molecule has 1 aromatic rings. The molecule has 2 atom stereocenters. The van der Waals surface area contributed by atoms with Gasteiger partial charge in [-0.3, -0.25) is 9.88 Å². The molecule has 5 heteroatoms. The summed E-state index contributed by atoms with van der Waals surface area (Å²) in [6.45, 7) is 6.22. The third kappa shape index (κ3) is 4.51. The van der Waals surface area contributed by atoms with Gasteiger partial charge in [0.15, 0.2) is 0 Å². The summed E-state index contributed by atoms with van der Waals surface area (Å²) < 4.78 is 0. The summed E-state index contributed by atoms with van der Waals surface area (Å²) in [6.07, 6.45) is 7.92. The van der Waals surface area contributed by atoms with Crippen LogP contribution in [0, 0.1) is 0 Å². The van der Waals surface area contributed by atoms with Crippen molar-refractivity contribution < 1.29 is 0 Å². The Morgan fingerprint density at radius 3 is 3.09 bits per heavy atom. The van der Waals surface area contributed by atoms with Crippen molar-refractivity contribution in [1.82, 2.24) is 20.5 Å². The number of fused-ring (bicyclic) bond motifs is 1. The molecule has 1 fully saturated rings. The largest absolute Gasteiger partial charge is 0.330 e. The molecule has 0 unspecified atom stereocenters. The van der Waals surface area contributed by atoms with Gasteiger partial charge in [0.2, 0.25) is 0 Å². The molecule has 3 rings (SSSR count). The predicted octanol–water partition coefficient (Wildman–Crippen LogP) is 1.06. The molecule has 1 aliphatic heterocycles. The molecule has 0 amide bonds. The van der Waals surface area contributed by atoms with Crippen molar-refractivity contribution in [2.24, 2.45) is 5.73 Å². The van der Waals surface area contributed by atoms with E-state index in [0.29, 0.717) is 12.1 Å². The van der Waals surface area contributed by atoms with E-state index in [1.165, 1.54) is 36.9 Å². The minimum atomic E-state index is 0.474. The van der Waals surface area contributed by atoms with E-state index in [-0.39, 0.29) is 0 Å². The second kappa shape index (κ2) is 8.73. The van der Waals surface area contributed by atoms with E-state index in [1.54, 1.807) is 0 Å². The van der Waals surface area contributed by atoms with E-state index in [2.05, 4.69) is 27.7 Å². The number of nitrogens with zero attached hydrogens (tertiary/aromatic N) is 2. The average Bonchev–Trinajstić information content (AvgIpc) is 2.61. The average molecular weight is 317 g/mol. The van der Waals surface area contributed by atoms with Gasteiger partial charge in [0.25, 0.3) is 0 Å². The van der Waals surface area contributed by atoms with Crippen LogP contribution in [0.15, 0.2) is 18.3 Å². The Morgan fingerprint density at radius 2 is 2.26 bits per heavy atom. The molecule has 0 saturated carbocycles. The summed E-state index contributed by atoms with van der Waals surface area (Å²) in [6, 6.07) is 5.34. The van der Waals surface area contributed by atoms with Crippen LogP contribution in [0.5, 0.6) is 0 Å². The van der Waals surface area contributed by atoms with Crippen LogP contribution >= 0.6 is 0 Å². The number of pyridine rings is 1. The van der Waals surface area contributed by atoms with Crippen molar-refractivity contribution in [3.05, 3.63) is 29.6 Å². The van der Waals surface area contributed by atoms with E-state index in [1.807, 2.05) is 6.20 Å². The van der Waals surface area contributed by atoms with Gasteiger partial charge in [-0.15, -0.1) is 0 Å². The van der Waals surface area contributed by atoms with E-state index < -0.39 is 0 Å². The zero-order valence-corrected chi connectivity index (χ0v) is 14.1. The number of rotatable bonds is 7. The molecule has 23 heavy (non-hydrogen) atoms. The van der Waals surface area contributed by atoms with Crippen molar-refractivity contribution >= 4 is 0 Å². The van der Waals surface area contributed by atoms with Crippen LogP contribution in [0.2, 0.25) is 0 Å². The highest BCUT2D eigenvalue weighted by Crippen LogP contribution is 2.33. The highest BCUT2D eigenvalue weighted by molar-refractivity contribution is 5.25. The van der Waals surface area contributed by atoms with Crippen LogP contribution in [-0.2, 0) is 6.42 Å². The maximum atomic E-state index is 5.70. The van der Waals surface area contributed by atoms with Gasteiger partial charge in [-0.05, 0) is 56.8 Å². The lowest BCUT2D eigenvalue weighted by molar-refractivity contribution is 0.148. The van der Waals surface area contributed by atoms with Gasteiger partial charge in [0, 0.05) is 38.4 Å². The predicted molar refractivity (Wildman–Crippen MR) is 94.4 cm³/mol. The minimum Gasteiger partial charge on any atom is -0.330 e. The lowest BCUT2D eigenvalue weighted by Gasteiger charge is -2.38. The van der Waals surface area contributed by atoms with Crippen molar-refractivity contribution in [3.63, 3.8) is 0 Å². The molecule has 2 heterocycles. The quantitative estimate of drug-likeness (QED) is 0.656. The third-order valence-corrected chi connectivity index (χ3v) is 5.09. The highest BCUT2D eigenvalue weighted by atomic mass is 15.2. The maximum Gasteiger partial charge on any atom is 0.0607 e. The SMILES string of the molecule is NCCCCN(C[C@H]1CNCCN1)[C@H]1CCCc2cccnc21. The number of nitrogens with two attached hydrogens (primary N) is 1. The Kier molecular flexibility index (Phi) is 6.39. The van der Waals surface area contributed by atoms with Crippen molar-refractivity contribution in [2.45, 2.75) is 44.2 Å². The number of hydrogen-bond donors (Lipinski definition) is 3. The van der Waals surface area contributed by atoms with E-state index in [9.17, 15) is 0 Å². The molecular weight excluding hydrogens is 286 g/mol. The van der Waals surface area contributed by atoms with Gasteiger partial charge in [-0.1, -0.05) is 6.07 Å². The molecule has 0 spiro atoms. The third-order valence-electron chi connectivity index (χ3n) is 5.09. The highest BCUT2D eigenvalue weighted by Gasteiger charge is 2.28. The first-order valence-corrected chi connectivity index (χ1v) is 9.20. The van der Waals surface area contributed by atoms with E-state index >= 15 is 0 Å². The van der Waals surface area contributed by atoms with Gasteiger partial charge in [-0.2, -0.15) is 0 Å². The first-order chi connectivity index (χ1) is 11.4. The second-order valence-electron chi connectivity index (χ2n) is 6.80. The molecule has 1 aromatic heterocycles. The fourth-order valence-corrected chi connectivity index (χ4v) is 3.90. The van der Waals surface area contributed by atoms with Crippen LogP contribution in [0.1, 0.15) is 43.0 Å². The monoisotopic (exact) mass is 317 g/mol. The van der Waals surface area contributed by atoms with E-state index in [0.717, 1.165) is 45.7 Å². The Morgan fingerprint density at radius 1 is 1.30 bits per heavy atom. The number of aryl methyl sites for hydroxylation is 1. The molecule has 5 nitrogen and oxygen atoms in total. The number of piperazine rings is 1. The lowest BCUT2D eigenvalue weighted by atomic mass is 9.90. The van der Waals surface area contributed by atoms with Gasteiger partial charge >= 0.3 is 0 Å². The smallest absolute Gasteiger partial charge is 0.0607 e. The first kappa shape index (κ1) is 16.8. The normalized spacial score (nSPS) is 24.6. The summed E-state index contributed by atoms with van der Waals surface area (Å²) in [5.74, 6) is 0. The maximum absolute atomic E-state index is 5.70. The number of nitrogens with one attached hydrogen (secondary N) is 2. The summed E-state index contributed by atoms with van der Waals surface area (Å²) in [4.78, 5) is 7.40. The van der Waals surface area contributed by atoms with Crippen molar-refractivity contribution in [1.29, 1.82) is 0 Å². The topological polar surface area (TPSA) is 66.2 Å². The molecular formula is C18H31N5. The fourth-order valence-electron chi connectivity index (χ4n) is 3.90. The molecule has 1 aliphatic carbocycles. The molecule has 128 valence electrons. The summed E-state index contributed by atoms with van der Waals surface area (Å²) in [5.41, 5.74) is 8.46. The summed E-state index contributed by atoms with van der Waals surface area (Å²) in [5, 5.41) is 7.16. The number of hydrogen-bond acceptors (Lipinski definition) is 5. The lowest BCUT2D eigenvalue weighted by Crippen LogP contribution is -2.54. The van der Waals surface area contributed by atoms with Gasteiger partial charge in [0.1, 0.15) is 0 Å². The summed E-state index contributed by atoms with van der Waals surface area (Å²) >= 11 is 0. The Hall–Kier alpha value is -1.01. The first-order valence-electron chi connectivity index (χ1n) is 9.20. The molecule has 2 aliphatic rings. The van der Waals surface area contributed by atoms with Crippen LogP contribution < -0.4 is 16.4 Å². The molecule has 0 aromatic carbocycles. The van der Waals surface area contributed by atoms with Crippen LogP contribution in [0.25, 0.3) is 0 Å². The molecule has 4 N–H and O–H groups in total. The van der Waals surface area contributed by atoms with Crippen molar-refractivity contribution in [3.8, 4) is 0 Å². The molecule has 0 radical (unpaired) electrons. The molecule has 1 saturated heterocycles. The fraction of sp³-hybridized carbons (Fsp3) is 0.722. The van der Waals surface area contributed by atoms with Gasteiger partial charge < -0.3 is 16.4 Å². The Labute approximate surface area is 140 Å². The minimum absolute atomic E-state index is 0.474.